The first kappa shape index (κ1) is 14.8. The zero-order chi connectivity index (χ0) is 15.1. The molecule has 1 aliphatic heterocycles. The van der Waals surface area contributed by atoms with E-state index in [4.69, 9.17) is 0 Å². The van der Waals surface area contributed by atoms with Gasteiger partial charge in [0, 0.05) is 12.1 Å². The van der Waals surface area contributed by atoms with Gasteiger partial charge < -0.3 is 4.90 Å². The fraction of sp³-hybridized carbons (Fsp3) is 0.500. The van der Waals surface area contributed by atoms with Gasteiger partial charge in [-0.25, -0.2) is 4.39 Å². The average Bonchev–Trinajstić information content (AvgIpc) is 2.67. The largest absolute Gasteiger partial charge is 0.416 e. The molecule has 2 nitrogen and oxygen atoms in total. The molecule has 0 bridgehead atoms. The van der Waals surface area contributed by atoms with Crippen molar-refractivity contribution in [3.05, 3.63) is 35.1 Å². The molecule has 0 aromatic heterocycles. The Bertz CT molecular complexity index is 536. The van der Waals surface area contributed by atoms with Gasteiger partial charge in [-0.05, 0) is 44.9 Å². The molecule has 1 aromatic rings. The lowest BCUT2D eigenvalue weighted by Crippen LogP contribution is -2.43. The highest BCUT2D eigenvalue weighted by molar-refractivity contribution is 5.95. The van der Waals surface area contributed by atoms with E-state index in [9.17, 15) is 22.4 Å². The first-order valence-corrected chi connectivity index (χ1v) is 6.32. The number of nitrogens with zero attached hydrogens (tertiary/aromatic N) is 1. The molecule has 0 N–H and O–H groups in total. The maximum absolute atomic E-state index is 13.7. The molecule has 0 saturated carbocycles. The molecule has 1 aromatic carbocycles. The van der Waals surface area contributed by atoms with Crippen LogP contribution in [0.25, 0.3) is 0 Å². The Hall–Kier alpha value is -1.59. The number of carbonyl (C=O) groups is 1. The minimum atomic E-state index is -4.59. The Morgan fingerprint density at radius 1 is 1.30 bits per heavy atom. The van der Waals surface area contributed by atoms with Crippen LogP contribution in [-0.4, -0.2) is 22.9 Å². The van der Waals surface area contributed by atoms with Crippen molar-refractivity contribution in [3.8, 4) is 0 Å². The van der Waals surface area contributed by atoms with Crippen LogP contribution in [0.1, 0.15) is 42.6 Å². The predicted molar refractivity (Wildman–Crippen MR) is 65.8 cm³/mol. The van der Waals surface area contributed by atoms with Crippen molar-refractivity contribution in [3.63, 3.8) is 0 Å². The third kappa shape index (κ3) is 2.64. The van der Waals surface area contributed by atoms with Gasteiger partial charge in [-0.3, -0.25) is 4.79 Å². The number of rotatable bonds is 1. The van der Waals surface area contributed by atoms with Crippen LogP contribution < -0.4 is 0 Å². The van der Waals surface area contributed by atoms with Gasteiger partial charge in [-0.15, -0.1) is 0 Å². The molecule has 0 spiro atoms. The number of alkyl halides is 3. The molecule has 1 aliphatic rings. The number of halogens is 4. The summed E-state index contributed by atoms with van der Waals surface area (Å²) in [6.07, 6.45) is -3.08. The Morgan fingerprint density at radius 3 is 2.45 bits per heavy atom. The molecular formula is C14H15F4NO. The molecule has 6 heteroatoms. The molecule has 0 atom stereocenters. The van der Waals surface area contributed by atoms with Crippen LogP contribution in [0, 0.1) is 5.82 Å². The van der Waals surface area contributed by atoms with Crippen LogP contribution in [0.3, 0.4) is 0 Å². The Morgan fingerprint density at radius 2 is 1.95 bits per heavy atom. The van der Waals surface area contributed by atoms with Crippen LogP contribution >= 0.6 is 0 Å². The molecule has 2 rings (SSSR count). The number of hydrogen-bond acceptors (Lipinski definition) is 1. The van der Waals surface area contributed by atoms with Crippen molar-refractivity contribution in [2.24, 2.45) is 0 Å². The minimum Gasteiger partial charge on any atom is -0.333 e. The van der Waals surface area contributed by atoms with Crippen molar-refractivity contribution in [1.29, 1.82) is 0 Å². The van der Waals surface area contributed by atoms with E-state index in [1.807, 2.05) is 13.8 Å². The van der Waals surface area contributed by atoms with Crippen LogP contribution in [-0.2, 0) is 6.18 Å². The lowest BCUT2D eigenvalue weighted by Gasteiger charge is -2.31. The van der Waals surface area contributed by atoms with Crippen molar-refractivity contribution < 1.29 is 22.4 Å². The van der Waals surface area contributed by atoms with Crippen LogP contribution in [0.4, 0.5) is 17.6 Å². The van der Waals surface area contributed by atoms with E-state index >= 15 is 0 Å². The van der Waals surface area contributed by atoms with Crippen LogP contribution in [0.5, 0.6) is 0 Å². The van der Waals surface area contributed by atoms with Crippen LogP contribution in [0.2, 0.25) is 0 Å². The predicted octanol–water partition coefficient (Wildman–Crippen LogP) is 3.86. The second-order valence-corrected chi connectivity index (χ2v) is 5.57. The molecular weight excluding hydrogens is 274 g/mol. The third-order valence-electron chi connectivity index (χ3n) is 3.67. The lowest BCUT2D eigenvalue weighted by molar-refractivity contribution is -0.137. The molecule has 1 amide bonds. The summed E-state index contributed by atoms with van der Waals surface area (Å²) in [5.74, 6) is -1.61. The number of carbonyl (C=O) groups excluding carboxylic acids is 1. The summed E-state index contributed by atoms with van der Waals surface area (Å²) < 4.78 is 51.6. The summed E-state index contributed by atoms with van der Waals surface area (Å²) in [4.78, 5) is 13.7. The smallest absolute Gasteiger partial charge is 0.333 e. The summed E-state index contributed by atoms with van der Waals surface area (Å²) in [5.41, 5.74) is -1.99. The summed E-state index contributed by atoms with van der Waals surface area (Å²) in [7, 11) is 0. The van der Waals surface area contributed by atoms with Gasteiger partial charge in [0.1, 0.15) is 5.82 Å². The van der Waals surface area contributed by atoms with E-state index in [0.29, 0.717) is 24.7 Å². The van der Waals surface area contributed by atoms with Gasteiger partial charge in [-0.2, -0.15) is 13.2 Å². The van der Waals surface area contributed by atoms with E-state index in [1.54, 1.807) is 0 Å². The zero-order valence-electron chi connectivity index (χ0n) is 11.2. The summed E-state index contributed by atoms with van der Waals surface area (Å²) in [6, 6.07) is 1.92. The maximum atomic E-state index is 13.7. The molecule has 0 aliphatic carbocycles. The third-order valence-corrected chi connectivity index (χ3v) is 3.67. The summed E-state index contributed by atoms with van der Waals surface area (Å²) in [5, 5.41) is 0. The molecule has 1 fully saturated rings. The maximum Gasteiger partial charge on any atom is 0.416 e. The second kappa shape index (κ2) is 4.75. The zero-order valence-corrected chi connectivity index (χ0v) is 11.2. The Kier molecular flexibility index (Phi) is 3.52. The first-order valence-electron chi connectivity index (χ1n) is 6.32. The summed E-state index contributed by atoms with van der Waals surface area (Å²) >= 11 is 0. The van der Waals surface area contributed by atoms with E-state index in [2.05, 4.69) is 0 Å². The normalized spacial score (nSPS) is 18.4. The van der Waals surface area contributed by atoms with Crippen molar-refractivity contribution >= 4 is 5.91 Å². The molecule has 0 radical (unpaired) electrons. The first-order chi connectivity index (χ1) is 9.13. The Balaban J connectivity index is 2.40. The van der Waals surface area contributed by atoms with Gasteiger partial charge in [0.2, 0.25) is 0 Å². The van der Waals surface area contributed by atoms with Crippen LogP contribution in [0.15, 0.2) is 18.2 Å². The highest BCUT2D eigenvalue weighted by atomic mass is 19.4. The molecule has 20 heavy (non-hydrogen) atoms. The van der Waals surface area contributed by atoms with E-state index in [-0.39, 0.29) is 0 Å². The number of likely N-dealkylation sites (tertiary alicyclic amines) is 1. The molecule has 110 valence electrons. The SMILES string of the molecule is CC1(C)CCCN1C(=O)c1cc(C(F)(F)F)ccc1F. The van der Waals surface area contributed by atoms with E-state index in [1.165, 1.54) is 4.90 Å². The lowest BCUT2D eigenvalue weighted by atomic mass is 10.0. The monoisotopic (exact) mass is 289 g/mol. The standard InChI is InChI=1S/C14H15F4NO/c1-13(2)6-3-7-19(13)12(20)10-8-9(14(16,17)18)4-5-11(10)15/h4-5,8H,3,6-7H2,1-2H3. The van der Waals surface area contributed by atoms with Crippen molar-refractivity contribution in [2.45, 2.75) is 38.4 Å². The van der Waals surface area contributed by atoms with E-state index < -0.39 is 34.6 Å². The number of benzene rings is 1. The average molecular weight is 289 g/mol. The van der Waals surface area contributed by atoms with Gasteiger partial charge in [0.15, 0.2) is 0 Å². The summed E-state index contributed by atoms with van der Waals surface area (Å²) in [6.45, 7) is 4.08. The van der Waals surface area contributed by atoms with Gasteiger partial charge in [0.05, 0.1) is 11.1 Å². The molecule has 0 unspecified atom stereocenters. The topological polar surface area (TPSA) is 20.3 Å². The molecule has 1 heterocycles. The van der Waals surface area contributed by atoms with Gasteiger partial charge in [-0.1, -0.05) is 0 Å². The quantitative estimate of drug-likeness (QED) is 0.719. The fourth-order valence-corrected chi connectivity index (χ4v) is 2.49. The van der Waals surface area contributed by atoms with E-state index in [0.717, 1.165) is 12.8 Å². The highest BCUT2D eigenvalue weighted by Gasteiger charge is 2.38. The highest BCUT2D eigenvalue weighted by Crippen LogP contribution is 2.33. The van der Waals surface area contributed by atoms with Crippen molar-refractivity contribution in [1.82, 2.24) is 4.90 Å². The van der Waals surface area contributed by atoms with Gasteiger partial charge in [0.25, 0.3) is 5.91 Å². The fourth-order valence-electron chi connectivity index (χ4n) is 2.49. The van der Waals surface area contributed by atoms with Crippen molar-refractivity contribution in [2.75, 3.05) is 6.54 Å². The van der Waals surface area contributed by atoms with Gasteiger partial charge >= 0.3 is 6.18 Å². The molecule has 1 saturated heterocycles. The number of hydrogen-bond donors (Lipinski definition) is 0. The Labute approximate surface area is 114 Å². The second-order valence-electron chi connectivity index (χ2n) is 5.57. The number of amides is 1. The minimum absolute atomic E-state index is 0.432.